The van der Waals surface area contributed by atoms with Gasteiger partial charge in [0.2, 0.25) is 5.88 Å². The first-order chi connectivity index (χ1) is 15.1. The van der Waals surface area contributed by atoms with Gasteiger partial charge in [-0.3, -0.25) is 0 Å². The van der Waals surface area contributed by atoms with E-state index < -0.39 is 0 Å². The van der Waals surface area contributed by atoms with Gasteiger partial charge in [-0.25, -0.2) is 4.99 Å². The van der Waals surface area contributed by atoms with E-state index in [4.69, 9.17) is 14.2 Å². The lowest BCUT2D eigenvalue weighted by Crippen LogP contribution is -2.17. The maximum atomic E-state index is 10.1. The minimum Gasteiger partial charge on any atom is -0.493 e. The van der Waals surface area contributed by atoms with Crippen LogP contribution in [0.4, 0.5) is 0 Å². The van der Waals surface area contributed by atoms with Gasteiger partial charge in [-0.05, 0) is 23.1 Å². The average molecular weight is 413 g/mol. The summed E-state index contributed by atoms with van der Waals surface area (Å²) in [4.78, 5) is 6.27. The van der Waals surface area contributed by atoms with Crippen molar-refractivity contribution in [3.63, 3.8) is 0 Å². The van der Waals surface area contributed by atoms with Crippen molar-refractivity contribution in [2.75, 3.05) is 28.3 Å². The first-order valence-electron chi connectivity index (χ1n) is 9.83. The van der Waals surface area contributed by atoms with E-state index in [2.05, 4.69) is 11.1 Å². The van der Waals surface area contributed by atoms with Crippen LogP contribution in [-0.4, -0.2) is 39.6 Å². The van der Waals surface area contributed by atoms with Crippen molar-refractivity contribution >= 4 is 17.1 Å². The standard InChI is InChI=1S/C25H23N3O3/c1-28(2)15-27-25-20(14-26)23(17-10-12-21(29-3)22(13-17)30-4)19-11-9-16-7-5-6-8-18(16)24(19)31-25/h5-13,15,23H,1-4H3/t23-/m1/s1. The number of rotatable bonds is 5. The molecular formula is C25H23N3O3. The molecule has 0 aromatic heterocycles. The lowest BCUT2D eigenvalue weighted by molar-refractivity contribution is 0.354. The lowest BCUT2D eigenvalue weighted by atomic mass is 9.82. The number of nitrogens with zero attached hydrogens (tertiary/aromatic N) is 3. The topological polar surface area (TPSA) is 67.1 Å². The number of allylic oxidation sites excluding steroid dienone is 1. The van der Waals surface area contributed by atoms with Gasteiger partial charge in [-0.1, -0.05) is 42.5 Å². The molecule has 0 saturated heterocycles. The molecule has 0 saturated carbocycles. The van der Waals surface area contributed by atoms with E-state index in [1.807, 2.05) is 68.7 Å². The third-order valence-corrected chi connectivity index (χ3v) is 5.21. The molecule has 0 N–H and O–H groups in total. The van der Waals surface area contributed by atoms with Crippen LogP contribution >= 0.6 is 0 Å². The molecule has 31 heavy (non-hydrogen) atoms. The van der Waals surface area contributed by atoms with Crippen LogP contribution in [0.25, 0.3) is 10.8 Å². The van der Waals surface area contributed by atoms with Crippen LogP contribution in [0.5, 0.6) is 17.2 Å². The summed E-state index contributed by atoms with van der Waals surface area (Å²) >= 11 is 0. The average Bonchev–Trinajstić information content (AvgIpc) is 2.80. The molecule has 0 amide bonds. The van der Waals surface area contributed by atoms with Gasteiger partial charge >= 0.3 is 0 Å². The molecule has 1 aliphatic heterocycles. The molecule has 3 aromatic carbocycles. The molecule has 0 bridgehead atoms. The summed E-state index contributed by atoms with van der Waals surface area (Å²) in [5.41, 5.74) is 2.24. The van der Waals surface area contributed by atoms with Crippen LogP contribution in [0.15, 0.2) is 71.0 Å². The summed E-state index contributed by atoms with van der Waals surface area (Å²) in [5, 5.41) is 12.1. The predicted molar refractivity (Wildman–Crippen MR) is 121 cm³/mol. The molecule has 0 spiro atoms. The molecule has 0 aliphatic carbocycles. The molecule has 6 heteroatoms. The number of ether oxygens (including phenoxy) is 3. The van der Waals surface area contributed by atoms with Crippen LogP contribution in [0.1, 0.15) is 17.0 Å². The monoisotopic (exact) mass is 413 g/mol. The fourth-order valence-corrected chi connectivity index (χ4v) is 3.79. The summed E-state index contributed by atoms with van der Waals surface area (Å²) < 4.78 is 17.1. The summed E-state index contributed by atoms with van der Waals surface area (Å²) in [5.74, 6) is 1.88. The van der Waals surface area contributed by atoms with Gasteiger partial charge in [0.15, 0.2) is 11.5 Å². The third kappa shape index (κ3) is 3.66. The highest BCUT2D eigenvalue weighted by Gasteiger charge is 2.33. The van der Waals surface area contributed by atoms with E-state index in [0.717, 1.165) is 21.9 Å². The van der Waals surface area contributed by atoms with E-state index in [9.17, 15) is 5.26 Å². The Morgan fingerprint density at radius 1 is 1.03 bits per heavy atom. The number of methoxy groups -OCH3 is 2. The van der Waals surface area contributed by atoms with Crippen molar-refractivity contribution in [1.82, 2.24) is 4.90 Å². The quantitative estimate of drug-likeness (QED) is 0.448. The van der Waals surface area contributed by atoms with Crippen molar-refractivity contribution in [3.05, 3.63) is 77.2 Å². The van der Waals surface area contributed by atoms with Gasteiger partial charge in [-0.15, -0.1) is 0 Å². The predicted octanol–water partition coefficient (Wildman–Crippen LogP) is 4.71. The first-order valence-corrected chi connectivity index (χ1v) is 9.83. The van der Waals surface area contributed by atoms with Crippen molar-refractivity contribution in [2.45, 2.75) is 5.92 Å². The van der Waals surface area contributed by atoms with Crippen LogP contribution in [0, 0.1) is 11.3 Å². The Labute approximate surface area is 181 Å². The van der Waals surface area contributed by atoms with Gasteiger partial charge in [0.05, 0.1) is 26.5 Å². The van der Waals surface area contributed by atoms with E-state index in [1.165, 1.54) is 0 Å². The van der Waals surface area contributed by atoms with Gasteiger partial charge in [-0.2, -0.15) is 5.26 Å². The Bertz CT molecular complexity index is 1240. The first kappa shape index (κ1) is 20.3. The Morgan fingerprint density at radius 2 is 1.81 bits per heavy atom. The van der Waals surface area contributed by atoms with Gasteiger partial charge in [0.25, 0.3) is 0 Å². The number of fused-ring (bicyclic) bond motifs is 3. The number of nitriles is 1. The molecule has 1 atom stereocenters. The fourth-order valence-electron chi connectivity index (χ4n) is 3.79. The van der Waals surface area contributed by atoms with Crippen LogP contribution in [0.2, 0.25) is 0 Å². The Hall–Kier alpha value is -3.98. The molecule has 156 valence electrons. The maximum Gasteiger partial charge on any atom is 0.235 e. The highest BCUT2D eigenvalue weighted by atomic mass is 16.5. The summed E-state index contributed by atoms with van der Waals surface area (Å²) in [6, 6.07) is 20.1. The van der Waals surface area contributed by atoms with Crippen LogP contribution in [0.3, 0.4) is 0 Å². The Kier molecular flexibility index (Phi) is 5.50. The summed E-state index contributed by atoms with van der Waals surface area (Å²) in [6.45, 7) is 0. The number of hydrogen-bond acceptors (Lipinski definition) is 5. The zero-order chi connectivity index (χ0) is 22.0. The van der Waals surface area contributed by atoms with E-state index in [0.29, 0.717) is 28.7 Å². The van der Waals surface area contributed by atoms with Gasteiger partial charge in [0.1, 0.15) is 17.4 Å². The van der Waals surface area contributed by atoms with Crippen LogP contribution in [-0.2, 0) is 0 Å². The van der Waals surface area contributed by atoms with E-state index in [1.54, 1.807) is 25.5 Å². The third-order valence-electron chi connectivity index (χ3n) is 5.21. The number of benzene rings is 3. The molecule has 0 radical (unpaired) electrons. The molecule has 3 aromatic rings. The molecule has 1 heterocycles. The highest BCUT2D eigenvalue weighted by Crippen LogP contribution is 2.47. The number of hydrogen-bond donors (Lipinski definition) is 0. The van der Waals surface area contributed by atoms with Gasteiger partial charge < -0.3 is 19.1 Å². The number of aliphatic imine (C=N–C) groups is 1. The van der Waals surface area contributed by atoms with Crippen LogP contribution < -0.4 is 14.2 Å². The fraction of sp³-hybridized carbons (Fsp3) is 0.200. The maximum absolute atomic E-state index is 10.1. The second kappa shape index (κ2) is 8.41. The largest absolute Gasteiger partial charge is 0.493 e. The van der Waals surface area contributed by atoms with Crippen molar-refractivity contribution in [1.29, 1.82) is 5.26 Å². The Morgan fingerprint density at radius 3 is 2.52 bits per heavy atom. The zero-order valence-corrected chi connectivity index (χ0v) is 17.9. The highest BCUT2D eigenvalue weighted by molar-refractivity contribution is 5.91. The van der Waals surface area contributed by atoms with Crippen molar-refractivity contribution in [2.24, 2.45) is 4.99 Å². The van der Waals surface area contributed by atoms with Crippen molar-refractivity contribution < 1.29 is 14.2 Å². The molecule has 1 aliphatic rings. The normalized spacial score (nSPS) is 15.4. The second-order valence-electron chi connectivity index (χ2n) is 7.39. The molecule has 0 fully saturated rings. The molecular weight excluding hydrogens is 390 g/mol. The summed E-state index contributed by atoms with van der Waals surface area (Å²) in [6.07, 6.45) is 1.63. The Balaban J connectivity index is 1.99. The smallest absolute Gasteiger partial charge is 0.235 e. The molecule has 0 unspecified atom stereocenters. The minimum atomic E-state index is -0.354. The van der Waals surface area contributed by atoms with E-state index in [-0.39, 0.29) is 5.92 Å². The second-order valence-corrected chi connectivity index (χ2v) is 7.39. The van der Waals surface area contributed by atoms with Crippen molar-refractivity contribution in [3.8, 4) is 23.3 Å². The minimum absolute atomic E-state index is 0.292. The summed E-state index contributed by atoms with van der Waals surface area (Å²) in [7, 11) is 6.94. The SMILES string of the molecule is COc1ccc([C@H]2C(C#N)=C(N=CN(C)C)Oc3c2ccc2ccccc32)cc1OC. The zero-order valence-electron chi connectivity index (χ0n) is 17.9. The molecule has 4 rings (SSSR count). The van der Waals surface area contributed by atoms with E-state index >= 15 is 0 Å². The molecule has 6 nitrogen and oxygen atoms in total. The van der Waals surface area contributed by atoms with Gasteiger partial charge in [0, 0.05) is 25.0 Å². The lowest BCUT2D eigenvalue weighted by Gasteiger charge is -2.28.